The van der Waals surface area contributed by atoms with Gasteiger partial charge in [-0.1, -0.05) is 41.9 Å². The Morgan fingerprint density at radius 2 is 1.75 bits per heavy atom. The second kappa shape index (κ2) is 8.49. The fourth-order valence-electron chi connectivity index (χ4n) is 3.20. The number of nitrogens with zero attached hydrogens (tertiary/aromatic N) is 3. The standard InChI is InChI=1S/C24H16ClN5O2/c25-17-7-5-15(6-8-17)21-13-22(29-28-21)23(31)27-18-9-11-19(12-10-18)32-24-20-4-2-1-3-16(20)14-26-30-24/h1-14H,(H,27,31)(H,28,29). The van der Waals surface area contributed by atoms with Crippen LogP contribution in [0.3, 0.4) is 0 Å². The van der Waals surface area contributed by atoms with Crippen LogP contribution in [0.4, 0.5) is 5.69 Å². The van der Waals surface area contributed by atoms with E-state index in [1.807, 2.05) is 36.4 Å². The van der Waals surface area contributed by atoms with Gasteiger partial charge in [-0.3, -0.25) is 9.89 Å². The van der Waals surface area contributed by atoms with E-state index in [4.69, 9.17) is 16.3 Å². The van der Waals surface area contributed by atoms with Crippen molar-refractivity contribution >= 4 is 34.0 Å². The number of halogens is 1. The molecule has 8 heteroatoms. The number of hydrogen-bond acceptors (Lipinski definition) is 5. The third-order valence-electron chi connectivity index (χ3n) is 4.83. The summed E-state index contributed by atoms with van der Waals surface area (Å²) in [5.41, 5.74) is 2.49. The van der Waals surface area contributed by atoms with Crippen molar-refractivity contribution in [1.82, 2.24) is 20.4 Å². The molecule has 5 aromatic rings. The van der Waals surface area contributed by atoms with Crippen molar-refractivity contribution in [2.75, 3.05) is 5.32 Å². The Bertz CT molecular complexity index is 1390. The number of H-pyrrole nitrogens is 1. The Morgan fingerprint density at radius 1 is 0.969 bits per heavy atom. The van der Waals surface area contributed by atoms with Gasteiger partial charge in [0.2, 0.25) is 5.88 Å². The maximum atomic E-state index is 12.6. The lowest BCUT2D eigenvalue weighted by molar-refractivity contribution is 0.102. The molecule has 0 spiro atoms. The number of amides is 1. The average Bonchev–Trinajstić information content (AvgIpc) is 3.32. The molecule has 0 atom stereocenters. The predicted octanol–water partition coefficient (Wildman–Crippen LogP) is 5.72. The number of aromatic nitrogens is 4. The zero-order chi connectivity index (χ0) is 21.9. The number of fused-ring (bicyclic) bond motifs is 1. The van der Waals surface area contributed by atoms with E-state index in [-0.39, 0.29) is 5.91 Å². The molecule has 156 valence electrons. The molecule has 0 unspecified atom stereocenters. The van der Waals surface area contributed by atoms with Crippen molar-refractivity contribution < 1.29 is 9.53 Å². The summed E-state index contributed by atoms with van der Waals surface area (Å²) in [6, 6.07) is 23.7. The van der Waals surface area contributed by atoms with E-state index in [1.165, 1.54) is 0 Å². The SMILES string of the molecule is O=C(Nc1ccc(Oc2nncc3ccccc23)cc1)c1cc(-c2ccc(Cl)cc2)n[nH]1. The summed E-state index contributed by atoms with van der Waals surface area (Å²) in [6.07, 6.45) is 1.69. The Labute approximate surface area is 188 Å². The number of aromatic amines is 1. The van der Waals surface area contributed by atoms with Gasteiger partial charge in [0.15, 0.2) is 0 Å². The molecule has 0 fully saturated rings. The van der Waals surface area contributed by atoms with Gasteiger partial charge in [-0.15, -0.1) is 5.10 Å². The first-order valence-corrected chi connectivity index (χ1v) is 10.1. The van der Waals surface area contributed by atoms with Crippen molar-refractivity contribution in [3.63, 3.8) is 0 Å². The summed E-state index contributed by atoms with van der Waals surface area (Å²) in [5, 5.41) is 20.3. The number of hydrogen-bond donors (Lipinski definition) is 2. The lowest BCUT2D eigenvalue weighted by Crippen LogP contribution is -2.12. The highest BCUT2D eigenvalue weighted by atomic mass is 35.5. The average molecular weight is 442 g/mol. The third-order valence-corrected chi connectivity index (χ3v) is 5.08. The first-order chi connectivity index (χ1) is 15.7. The first kappa shape index (κ1) is 19.7. The van der Waals surface area contributed by atoms with Crippen LogP contribution in [-0.4, -0.2) is 26.3 Å². The molecule has 32 heavy (non-hydrogen) atoms. The first-order valence-electron chi connectivity index (χ1n) is 9.77. The van der Waals surface area contributed by atoms with Crippen LogP contribution >= 0.6 is 11.6 Å². The van der Waals surface area contributed by atoms with Crippen LogP contribution in [0.5, 0.6) is 11.6 Å². The molecule has 1 amide bonds. The molecule has 0 radical (unpaired) electrons. The van der Waals surface area contributed by atoms with Gasteiger partial charge in [-0.25, -0.2) is 0 Å². The molecule has 2 N–H and O–H groups in total. The molecule has 2 aromatic heterocycles. The number of ether oxygens (including phenoxy) is 1. The van der Waals surface area contributed by atoms with Gasteiger partial charge in [0.1, 0.15) is 11.4 Å². The van der Waals surface area contributed by atoms with E-state index < -0.39 is 0 Å². The van der Waals surface area contributed by atoms with Crippen molar-refractivity contribution in [2.24, 2.45) is 0 Å². The monoisotopic (exact) mass is 441 g/mol. The number of carbonyl (C=O) groups is 1. The van der Waals surface area contributed by atoms with Crippen molar-refractivity contribution in [3.05, 3.63) is 95.8 Å². The van der Waals surface area contributed by atoms with Gasteiger partial charge in [0, 0.05) is 27.0 Å². The smallest absolute Gasteiger partial charge is 0.273 e. The van der Waals surface area contributed by atoms with Gasteiger partial charge in [-0.2, -0.15) is 10.2 Å². The highest BCUT2D eigenvalue weighted by molar-refractivity contribution is 6.30. The molecule has 0 aliphatic carbocycles. The van der Waals surface area contributed by atoms with Crippen molar-refractivity contribution in [3.8, 4) is 22.9 Å². The quantitative estimate of drug-likeness (QED) is 0.364. The molecule has 2 heterocycles. The summed E-state index contributed by atoms with van der Waals surface area (Å²) in [4.78, 5) is 12.6. The minimum atomic E-state index is -0.300. The lowest BCUT2D eigenvalue weighted by atomic mass is 10.1. The van der Waals surface area contributed by atoms with Crippen molar-refractivity contribution in [1.29, 1.82) is 0 Å². The number of benzene rings is 3. The topological polar surface area (TPSA) is 92.8 Å². The van der Waals surface area contributed by atoms with Gasteiger partial charge < -0.3 is 10.1 Å². The Hall–Kier alpha value is -4.23. The van der Waals surface area contributed by atoms with Crippen LogP contribution in [0.25, 0.3) is 22.0 Å². The molecule has 0 saturated heterocycles. The lowest BCUT2D eigenvalue weighted by Gasteiger charge is -2.08. The second-order valence-electron chi connectivity index (χ2n) is 6.99. The van der Waals surface area contributed by atoms with Crippen LogP contribution in [-0.2, 0) is 0 Å². The minimum absolute atomic E-state index is 0.300. The normalized spacial score (nSPS) is 10.8. The molecule has 0 aliphatic rings. The Morgan fingerprint density at radius 3 is 2.56 bits per heavy atom. The maximum Gasteiger partial charge on any atom is 0.273 e. The Balaban J connectivity index is 1.27. The van der Waals surface area contributed by atoms with E-state index in [1.54, 1.807) is 48.7 Å². The predicted molar refractivity (Wildman–Crippen MR) is 123 cm³/mol. The van der Waals surface area contributed by atoms with E-state index in [2.05, 4.69) is 25.7 Å². The van der Waals surface area contributed by atoms with E-state index >= 15 is 0 Å². The van der Waals surface area contributed by atoms with Gasteiger partial charge in [-0.05, 0) is 48.5 Å². The molecular formula is C24H16ClN5O2. The number of nitrogens with one attached hydrogen (secondary N) is 2. The molecule has 0 bridgehead atoms. The molecule has 0 saturated carbocycles. The number of anilines is 1. The molecule has 3 aromatic carbocycles. The number of carbonyl (C=O) groups excluding carboxylic acids is 1. The maximum absolute atomic E-state index is 12.6. The van der Waals surface area contributed by atoms with Crippen LogP contribution in [0.2, 0.25) is 5.02 Å². The van der Waals surface area contributed by atoms with Crippen LogP contribution in [0.1, 0.15) is 10.5 Å². The number of rotatable bonds is 5. The van der Waals surface area contributed by atoms with Gasteiger partial charge >= 0.3 is 0 Å². The van der Waals surface area contributed by atoms with Crippen molar-refractivity contribution in [2.45, 2.75) is 0 Å². The summed E-state index contributed by atoms with van der Waals surface area (Å²) < 4.78 is 5.89. The fourth-order valence-corrected chi connectivity index (χ4v) is 3.33. The largest absolute Gasteiger partial charge is 0.437 e. The highest BCUT2D eigenvalue weighted by Gasteiger charge is 2.12. The van der Waals surface area contributed by atoms with Crippen LogP contribution < -0.4 is 10.1 Å². The second-order valence-corrected chi connectivity index (χ2v) is 7.43. The fraction of sp³-hybridized carbons (Fsp3) is 0. The highest BCUT2D eigenvalue weighted by Crippen LogP contribution is 2.27. The zero-order valence-corrected chi connectivity index (χ0v) is 17.4. The molecule has 0 aliphatic heterocycles. The van der Waals surface area contributed by atoms with E-state index in [9.17, 15) is 4.79 Å². The summed E-state index contributed by atoms with van der Waals surface area (Å²) in [5.74, 6) is 0.707. The zero-order valence-electron chi connectivity index (χ0n) is 16.6. The summed E-state index contributed by atoms with van der Waals surface area (Å²) in [7, 11) is 0. The van der Waals surface area contributed by atoms with E-state index in [0.29, 0.717) is 33.7 Å². The summed E-state index contributed by atoms with van der Waals surface area (Å²) in [6.45, 7) is 0. The van der Waals surface area contributed by atoms with Crippen LogP contribution in [0, 0.1) is 0 Å². The summed E-state index contributed by atoms with van der Waals surface area (Å²) >= 11 is 5.92. The minimum Gasteiger partial charge on any atom is -0.437 e. The Kier molecular flexibility index (Phi) is 5.23. The molecule has 5 rings (SSSR count). The van der Waals surface area contributed by atoms with Crippen LogP contribution in [0.15, 0.2) is 85.1 Å². The molecule has 7 nitrogen and oxygen atoms in total. The van der Waals surface area contributed by atoms with Gasteiger partial charge in [0.25, 0.3) is 5.91 Å². The van der Waals surface area contributed by atoms with Gasteiger partial charge in [0.05, 0.1) is 11.9 Å². The van der Waals surface area contributed by atoms with E-state index in [0.717, 1.165) is 16.3 Å². The third kappa shape index (κ3) is 4.14. The molecular weight excluding hydrogens is 426 g/mol.